The first-order valence-electron chi connectivity index (χ1n) is 6.47. The van der Waals surface area contributed by atoms with E-state index in [0.29, 0.717) is 0 Å². The average molecular weight is 330 g/mol. The molecule has 0 bridgehead atoms. The Morgan fingerprint density at radius 1 is 1.43 bits per heavy atom. The van der Waals surface area contributed by atoms with Crippen LogP contribution >= 0.6 is 0 Å². The van der Waals surface area contributed by atoms with Crippen LogP contribution < -0.4 is 16.8 Å². The Labute approximate surface area is 130 Å². The van der Waals surface area contributed by atoms with Crippen molar-refractivity contribution in [1.82, 2.24) is 5.32 Å². The highest BCUT2D eigenvalue weighted by molar-refractivity contribution is 5.92. The lowest BCUT2D eigenvalue weighted by atomic mass is 9.93. The largest absolute Gasteiger partial charge is 0.475 e. The van der Waals surface area contributed by atoms with Crippen LogP contribution in [0.3, 0.4) is 0 Å². The van der Waals surface area contributed by atoms with Crippen LogP contribution in [0.25, 0.3) is 0 Å². The maximum atomic E-state index is 12.1. The zero-order chi connectivity index (χ0) is 17.7. The van der Waals surface area contributed by atoms with Crippen molar-refractivity contribution in [2.24, 2.45) is 16.5 Å². The standard InChI is InChI=1S/C12H18N4O7/c1-4(18)15-8-5(16-12(13)14)2-7(11(21)22)23-10(8)9(20)6(19)3-17/h2,5-6,8,10,17,19H,3H2,1H3,(H,15,18)(H,21,22)(H4,13,14,16)/t5-,6?,8+,10+/m0/s1. The van der Waals surface area contributed by atoms with E-state index >= 15 is 0 Å². The van der Waals surface area contributed by atoms with E-state index in [1.807, 2.05) is 0 Å². The highest BCUT2D eigenvalue weighted by Crippen LogP contribution is 2.22. The van der Waals surface area contributed by atoms with Crippen LogP contribution in [0.15, 0.2) is 16.8 Å². The van der Waals surface area contributed by atoms with E-state index in [1.54, 1.807) is 0 Å². The van der Waals surface area contributed by atoms with Gasteiger partial charge in [-0.05, 0) is 6.08 Å². The molecule has 1 aliphatic rings. The van der Waals surface area contributed by atoms with Crippen molar-refractivity contribution in [2.45, 2.75) is 31.2 Å². The van der Waals surface area contributed by atoms with Gasteiger partial charge in [-0.25, -0.2) is 9.79 Å². The molecule has 0 radical (unpaired) electrons. The minimum absolute atomic E-state index is 0.401. The summed E-state index contributed by atoms with van der Waals surface area (Å²) in [5.74, 6) is -4.09. The van der Waals surface area contributed by atoms with Crippen molar-refractivity contribution in [3.63, 3.8) is 0 Å². The van der Waals surface area contributed by atoms with Gasteiger partial charge in [0, 0.05) is 6.92 Å². The summed E-state index contributed by atoms with van der Waals surface area (Å²) >= 11 is 0. The molecule has 11 heteroatoms. The Kier molecular flexibility index (Phi) is 6.04. The fourth-order valence-corrected chi connectivity index (χ4v) is 2.01. The molecule has 0 aliphatic carbocycles. The Bertz CT molecular complexity index is 556. The lowest BCUT2D eigenvalue weighted by Gasteiger charge is -2.34. The third kappa shape index (κ3) is 4.66. The number of carboxylic acid groups (broad SMARTS) is 1. The van der Waals surface area contributed by atoms with Crippen molar-refractivity contribution >= 4 is 23.6 Å². The quantitative estimate of drug-likeness (QED) is 0.210. The van der Waals surface area contributed by atoms with E-state index in [-0.39, 0.29) is 0 Å². The predicted molar refractivity (Wildman–Crippen MR) is 75.9 cm³/mol. The van der Waals surface area contributed by atoms with Crippen molar-refractivity contribution in [3.8, 4) is 0 Å². The molecule has 0 aromatic rings. The van der Waals surface area contributed by atoms with Gasteiger partial charge in [-0.2, -0.15) is 0 Å². The highest BCUT2D eigenvalue weighted by atomic mass is 16.5. The zero-order valence-electron chi connectivity index (χ0n) is 12.2. The number of nitrogens with two attached hydrogens (primary N) is 2. The molecule has 11 nitrogen and oxygen atoms in total. The van der Waals surface area contributed by atoms with Gasteiger partial charge in [0.15, 0.2) is 12.1 Å². The third-order valence-electron chi connectivity index (χ3n) is 2.93. The normalized spacial score (nSPS) is 24.7. The van der Waals surface area contributed by atoms with Gasteiger partial charge in [0.1, 0.15) is 12.1 Å². The van der Waals surface area contributed by atoms with Crippen LogP contribution in [0, 0.1) is 0 Å². The smallest absolute Gasteiger partial charge is 0.370 e. The number of aliphatic imine (C=N–C) groups is 1. The monoisotopic (exact) mass is 330 g/mol. The lowest BCUT2D eigenvalue weighted by molar-refractivity contribution is -0.147. The first-order chi connectivity index (χ1) is 10.7. The number of amides is 1. The molecule has 1 aliphatic heterocycles. The summed E-state index contributed by atoms with van der Waals surface area (Å²) in [7, 11) is 0. The Hall–Kier alpha value is -2.66. The summed E-state index contributed by atoms with van der Waals surface area (Å²) in [6.07, 6.45) is -2.38. The number of rotatable bonds is 6. The molecule has 1 amide bonds. The Morgan fingerprint density at radius 2 is 2.04 bits per heavy atom. The van der Waals surface area contributed by atoms with E-state index in [0.717, 1.165) is 13.0 Å². The van der Waals surface area contributed by atoms with Crippen LogP contribution in [-0.4, -0.2) is 69.8 Å². The number of nitrogens with zero attached hydrogens (tertiary/aromatic N) is 1. The van der Waals surface area contributed by atoms with Crippen LogP contribution in [0.4, 0.5) is 0 Å². The molecule has 0 saturated carbocycles. The minimum atomic E-state index is -1.82. The molecule has 0 fully saturated rings. The topological polar surface area (TPSA) is 198 Å². The van der Waals surface area contributed by atoms with Crippen LogP contribution in [0.2, 0.25) is 0 Å². The van der Waals surface area contributed by atoms with Gasteiger partial charge in [-0.15, -0.1) is 0 Å². The SMILES string of the molecule is CC(=O)N[C@@H]1[C@@H](N=C(N)N)C=C(C(=O)O)O[C@H]1C(=O)C(O)CO. The number of carbonyl (C=O) groups is 3. The Morgan fingerprint density at radius 3 is 2.48 bits per heavy atom. The van der Waals surface area contributed by atoms with Gasteiger partial charge >= 0.3 is 5.97 Å². The fraction of sp³-hybridized carbons (Fsp3) is 0.500. The molecule has 0 spiro atoms. The number of aliphatic carboxylic acids is 1. The predicted octanol–water partition coefficient (Wildman–Crippen LogP) is -3.58. The van der Waals surface area contributed by atoms with E-state index in [1.165, 1.54) is 0 Å². The average Bonchev–Trinajstić information content (AvgIpc) is 2.45. The maximum Gasteiger partial charge on any atom is 0.370 e. The molecule has 1 unspecified atom stereocenters. The van der Waals surface area contributed by atoms with Gasteiger partial charge in [0.25, 0.3) is 0 Å². The number of ether oxygens (including phenoxy) is 1. The molecular weight excluding hydrogens is 312 g/mol. The second-order valence-electron chi connectivity index (χ2n) is 4.75. The number of carboxylic acids is 1. The summed E-state index contributed by atoms with van der Waals surface area (Å²) in [4.78, 5) is 38.3. The van der Waals surface area contributed by atoms with Crippen molar-refractivity contribution in [3.05, 3.63) is 11.8 Å². The number of hydrogen-bond donors (Lipinski definition) is 6. The molecule has 0 aromatic carbocycles. The number of Topliss-reactive ketones (excluding diaryl/α,β-unsaturated/α-hetero) is 1. The molecule has 1 heterocycles. The number of hydrogen-bond acceptors (Lipinski definition) is 7. The molecule has 1 rings (SSSR count). The van der Waals surface area contributed by atoms with Gasteiger partial charge < -0.3 is 36.8 Å². The third-order valence-corrected chi connectivity index (χ3v) is 2.93. The number of guanidine groups is 1. The van der Waals surface area contributed by atoms with E-state index in [9.17, 15) is 19.5 Å². The zero-order valence-corrected chi connectivity index (χ0v) is 12.2. The number of carbonyl (C=O) groups excluding carboxylic acids is 2. The highest BCUT2D eigenvalue weighted by Gasteiger charge is 2.43. The van der Waals surface area contributed by atoms with Crippen molar-refractivity contribution < 1.29 is 34.4 Å². The number of ketones is 1. The Balaban J connectivity index is 3.31. The minimum Gasteiger partial charge on any atom is -0.475 e. The van der Waals surface area contributed by atoms with E-state index in [4.69, 9.17) is 26.4 Å². The van der Waals surface area contributed by atoms with Gasteiger partial charge in [-0.3, -0.25) is 9.59 Å². The maximum absolute atomic E-state index is 12.1. The second-order valence-corrected chi connectivity index (χ2v) is 4.75. The van der Waals surface area contributed by atoms with Gasteiger partial charge in [0.2, 0.25) is 17.4 Å². The lowest BCUT2D eigenvalue weighted by Crippen LogP contribution is -2.58. The molecule has 0 aromatic heterocycles. The second kappa shape index (κ2) is 7.56. The van der Waals surface area contributed by atoms with E-state index < -0.39 is 60.3 Å². The first kappa shape index (κ1) is 18.4. The summed E-state index contributed by atoms with van der Waals surface area (Å²) < 4.78 is 5.03. The summed E-state index contributed by atoms with van der Waals surface area (Å²) in [6.45, 7) is 0.261. The molecule has 128 valence electrons. The van der Waals surface area contributed by atoms with Crippen molar-refractivity contribution in [1.29, 1.82) is 0 Å². The van der Waals surface area contributed by atoms with Crippen LogP contribution in [0.5, 0.6) is 0 Å². The molecule has 4 atom stereocenters. The fourth-order valence-electron chi connectivity index (χ4n) is 2.01. The van der Waals surface area contributed by atoms with Gasteiger partial charge in [-0.1, -0.05) is 0 Å². The summed E-state index contributed by atoms with van der Waals surface area (Å²) in [6, 6.07) is -2.27. The first-order valence-corrected chi connectivity index (χ1v) is 6.47. The van der Waals surface area contributed by atoms with Crippen LogP contribution in [-0.2, 0) is 19.1 Å². The molecular formula is C12H18N4O7. The van der Waals surface area contributed by atoms with Crippen LogP contribution in [0.1, 0.15) is 6.92 Å². The van der Waals surface area contributed by atoms with Gasteiger partial charge in [0.05, 0.1) is 12.6 Å². The molecule has 0 saturated heterocycles. The van der Waals surface area contributed by atoms with Crippen molar-refractivity contribution in [2.75, 3.05) is 6.61 Å². The molecule has 23 heavy (non-hydrogen) atoms. The van der Waals surface area contributed by atoms with E-state index in [2.05, 4.69) is 10.3 Å². The number of aliphatic hydroxyl groups is 2. The molecule has 8 N–H and O–H groups in total. The number of nitrogens with one attached hydrogen (secondary N) is 1. The summed E-state index contributed by atoms with van der Waals surface area (Å²) in [5, 5.41) is 29.8. The summed E-state index contributed by atoms with van der Waals surface area (Å²) in [5.41, 5.74) is 10.5. The number of aliphatic hydroxyl groups excluding tert-OH is 2.